The van der Waals surface area contributed by atoms with Gasteiger partial charge in [0.2, 0.25) is 0 Å². The molecule has 1 atom stereocenters. The van der Waals surface area contributed by atoms with Gasteiger partial charge in [-0.3, -0.25) is 10.1 Å². The van der Waals surface area contributed by atoms with Crippen LogP contribution in [0.2, 0.25) is 0 Å². The fourth-order valence-corrected chi connectivity index (χ4v) is 3.23. The van der Waals surface area contributed by atoms with Crippen LogP contribution in [0.4, 0.5) is 4.39 Å². The summed E-state index contributed by atoms with van der Waals surface area (Å²) in [6.07, 6.45) is 2.20. The minimum Gasteiger partial charge on any atom is -0.480 e. The summed E-state index contributed by atoms with van der Waals surface area (Å²) in [7, 11) is 0. The number of aliphatic carboxylic acids is 1. The maximum absolute atomic E-state index is 13.0. The van der Waals surface area contributed by atoms with E-state index in [0.29, 0.717) is 17.9 Å². The average Bonchev–Trinajstić information content (AvgIpc) is 3.33. The van der Waals surface area contributed by atoms with Gasteiger partial charge < -0.3 is 14.5 Å². The van der Waals surface area contributed by atoms with Gasteiger partial charge in [-0.15, -0.1) is 0 Å². The number of para-hydroxylation sites is 1. The van der Waals surface area contributed by atoms with E-state index in [2.05, 4.69) is 10.3 Å². The van der Waals surface area contributed by atoms with Gasteiger partial charge in [0.15, 0.2) is 0 Å². The molecule has 2 heterocycles. The van der Waals surface area contributed by atoms with E-state index < -0.39 is 12.0 Å². The summed E-state index contributed by atoms with van der Waals surface area (Å²) in [5.74, 6) is -0.000761. The maximum Gasteiger partial charge on any atom is 0.321 e. The van der Waals surface area contributed by atoms with Crippen LogP contribution in [-0.2, 0) is 17.8 Å². The number of hydrogen-bond acceptors (Lipinski definition) is 3. The molecule has 5 nitrogen and oxygen atoms in total. The van der Waals surface area contributed by atoms with Crippen LogP contribution in [0, 0.1) is 5.82 Å². The molecule has 142 valence electrons. The third-order valence-corrected chi connectivity index (χ3v) is 4.71. The molecule has 0 aliphatic carbocycles. The third-order valence-electron chi connectivity index (χ3n) is 4.71. The number of rotatable bonds is 7. The summed E-state index contributed by atoms with van der Waals surface area (Å²) >= 11 is 0. The Kier molecular flexibility index (Phi) is 4.95. The highest BCUT2D eigenvalue weighted by Gasteiger charge is 2.20. The van der Waals surface area contributed by atoms with Crippen molar-refractivity contribution in [1.82, 2.24) is 10.3 Å². The van der Waals surface area contributed by atoms with Gasteiger partial charge in [-0.1, -0.05) is 18.2 Å². The number of carboxylic acid groups (broad SMARTS) is 1. The molecule has 4 aromatic rings. The lowest BCUT2D eigenvalue weighted by Gasteiger charge is -2.13. The number of carbonyl (C=O) groups is 1. The van der Waals surface area contributed by atoms with Crippen LogP contribution in [0.25, 0.3) is 22.2 Å². The Labute approximate surface area is 160 Å². The predicted molar refractivity (Wildman–Crippen MR) is 104 cm³/mol. The lowest BCUT2D eigenvalue weighted by atomic mass is 10.0. The zero-order chi connectivity index (χ0) is 19.5. The minimum atomic E-state index is -0.921. The van der Waals surface area contributed by atoms with E-state index in [1.807, 2.05) is 30.5 Å². The van der Waals surface area contributed by atoms with Gasteiger partial charge in [0, 0.05) is 29.1 Å². The van der Waals surface area contributed by atoms with Crippen molar-refractivity contribution in [3.63, 3.8) is 0 Å². The molecular weight excluding hydrogens is 359 g/mol. The molecule has 0 aliphatic heterocycles. The Balaban J connectivity index is 1.44. The minimum absolute atomic E-state index is 0.278. The van der Waals surface area contributed by atoms with Crippen LogP contribution < -0.4 is 5.32 Å². The molecule has 0 fully saturated rings. The van der Waals surface area contributed by atoms with Gasteiger partial charge in [0.05, 0.1) is 6.54 Å². The first-order valence-corrected chi connectivity index (χ1v) is 8.96. The second kappa shape index (κ2) is 7.70. The number of furan rings is 1. The number of halogens is 1. The van der Waals surface area contributed by atoms with E-state index in [1.54, 1.807) is 24.3 Å². The van der Waals surface area contributed by atoms with Crippen LogP contribution in [0.5, 0.6) is 0 Å². The first kappa shape index (κ1) is 18.0. The Morgan fingerprint density at radius 3 is 2.68 bits per heavy atom. The van der Waals surface area contributed by atoms with Gasteiger partial charge in [0.25, 0.3) is 0 Å². The molecular formula is C22H19FN2O3. The van der Waals surface area contributed by atoms with Gasteiger partial charge in [-0.25, -0.2) is 4.39 Å². The molecule has 6 heteroatoms. The number of aromatic amines is 1. The summed E-state index contributed by atoms with van der Waals surface area (Å²) in [5.41, 5.74) is 2.69. The summed E-state index contributed by atoms with van der Waals surface area (Å²) in [6, 6.07) is 16.7. The normalized spacial score (nSPS) is 12.3. The quantitative estimate of drug-likeness (QED) is 0.447. The van der Waals surface area contributed by atoms with Crippen molar-refractivity contribution in [3.8, 4) is 11.3 Å². The molecule has 2 aromatic heterocycles. The van der Waals surface area contributed by atoms with Crippen molar-refractivity contribution in [2.24, 2.45) is 0 Å². The van der Waals surface area contributed by atoms with Gasteiger partial charge in [-0.05, 0) is 48.0 Å². The van der Waals surface area contributed by atoms with E-state index in [-0.39, 0.29) is 12.4 Å². The number of hydrogen-bond donors (Lipinski definition) is 3. The highest BCUT2D eigenvalue weighted by molar-refractivity contribution is 5.84. The van der Waals surface area contributed by atoms with E-state index in [0.717, 1.165) is 22.0 Å². The molecule has 0 amide bonds. The Morgan fingerprint density at radius 2 is 1.89 bits per heavy atom. The first-order valence-electron chi connectivity index (χ1n) is 8.96. The van der Waals surface area contributed by atoms with E-state index >= 15 is 0 Å². The number of aromatic nitrogens is 1. The molecule has 3 N–H and O–H groups in total. The summed E-state index contributed by atoms with van der Waals surface area (Å²) in [5, 5.41) is 13.7. The predicted octanol–water partition coefficient (Wildman–Crippen LogP) is 4.35. The Bertz CT molecular complexity index is 1100. The van der Waals surface area contributed by atoms with Crippen LogP contribution in [0.15, 0.2) is 71.3 Å². The van der Waals surface area contributed by atoms with Crippen LogP contribution >= 0.6 is 0 Å². The van der Waals surface area contributed by atoms with Crippen LogP contribution in [0.3, 0.4) is 0 Å². The first-order chi connectivity index (χ1) is 13.6. The lowest BCUT2D eigenvalue weighted by Crippen LogP contribution is -2.37. The number of fused-ring (bicyclic) bond motifs is 1. The highest BCUT2D eigenvalue weighted by atomic mass is 19.1. The second-order valence-electron chi connectivity index (χ2n) is 6.61. The standard InChI is InChI=1S/C22H19FN2O3/c23-16-7-5-14(6-8-16)21-10-9-17(28-21)13-25-20(22(26)27)11-15-12-24-19-4-2-1-3-18(15)19/h1-10,12,20,24-25H,11,13H2,(H,26,27). The zero-order valence-electron chi connectivity index (χ0n) is 15.0. The fraction of sp³-hybridized carbons (Fsp3) is 0.136. The molecule has 4 rings (SSSR count). The van der Waals surface area contributed by atoms with Gasteiger partial charge in [0.1, 0.15) is 23.4 Å². The molecule has 1 unspecified atom stereocenters. The molecule has 28 heavy (non-hydrogen) atoms. The number of benzene rings is 2. The molecule has 0 aliphatic rings. The monoisotopic (exact) mass is 378 g/mol. The topological polar surface area (TPSA) is 78.3 Å². The number of carboxylic acids is 1. The van der Waals surface area contributed by atoms with Crippen molar-refractivity contribution < 1.29 is 18.7 Å². The lowest BCUT2D eigenvalue weighted by molar-refractivity contribution is -0.139. The molecule has 0 bridgehead atoms. The van der Waals surface area contributed by atoms with E-state index in [4.69, 9.17) is 4.42 Å². The Morgan fingerprint density at radius 1 is 1.11 bits per heavy atom. The molecule has 0 saturated heterocycles. The number of nitrogens with one attached hydrogen (secondary N) is 2. The fourth-order valence-electron chi connectivity index (χ4n) is 3.23. The molecule has 0 saturated carbocycles. The largest absolute Gasteiger partial charge is 0.480 e. The zero-order valence-corrected chi connectivity index (χ0v) is 15.0. The Hall–Kier alpha value is -3.38. The van der Waals surface area contributed by atoms with Crippen molar-refractivity contribution in [2.45, 2.75) is 19.0 Å². The summed E-state index contributed by atoms with van der Waals surface area (Å²) in [4.78, 5) is 14.9. The summed E-state index contributed by atoms with van der Waals surface area (Å²) in [6.45, 7) is 0.278. The molecule has 0 spiro atoms. The van der Waals surface area contributed by atoms with Crippen molar-refractivity contribution >= 4 is 16.9 Å². The molecule has 2 aromatic carbocycles. The average molecular weight is 378 g/mol. The van der Waals surface area contributed by atoms with Crippen LogP contribution in [0.1, 0.15) is 11.3 Å². The van der Waals surface area contributed by atoms with Gasteiger partial charge >= 0.3 is 5.97 Å². The van der Waals surface area contributed by atoms with Crippen molar-refractivity contribution in [3.05, 3.63) is 84.0 Å². The van der Waals surface area contributed by atoms with Crippen molar-refractivity contribution in [2.75, 3.05) is 0 Å². The van der Waals surface area contributed by atoms with Gasteiger partial charge in [-0.2, -0.15) is 0 Å². The third kappa shape index (κ3) is 3.82. The van der Waals surface area contributed by atoms with E-state index in [9.17, 15) is 14.3 Å². The maximum atomic E-state index is 13.0. The smallest absolute Gasteiger partial charge is 0.321 e. The number of H-pyrrole nitrogens is 1. The highest BCUT2D eigenvalue weighted by Crippen LogP contribution is 2.23. The molecule has 0 radical (unpaired) electrons. The van der Waals surface area contributed by atoms with Crippen LogP contribution in [-0.4, -0.2) is 22.1 Å². The van der Waals surface area contributed by atoms with E-state index in [1.165, 1.54) is 12.1 Å². The van der Waals surface area contributed by atoms with Crippen molar-refractivity contribution in [1.29, 1.82) is 0 Å². The SMILES string of the molecule is O=C(O)C(Cc1c[nH]c2ccccc12)NCc1ccc(-c2ccc(F)cc2)o1. The summed E-state index contributed by atoms with van der Waals surface area (Å²) < 4.78 is 18.8. The second-order valence-corrected chi connectivity index (χ2v) is 6.61.